The maximum atomic E-state index is 10.8. The third kappa shape index (κ3) is 6.60. The molecule has 4 aromatic rings. The van der Waals surface area contributed by atoms with Gasteiger partial charge in [-0.3, -0.25) is 4.90 Å². The Morgan fingerprint density at radius 1 is 0.939 bits per heavy atom. The molecular formula is C28H32N2O3. The normalized spacial score (nSPS) is 13.2. The van der Waals surface area contributed by atoms with Crippen molar-refractivity contribution in [1.29, 1.82) is 0 Å². The van der Waals surface area contributed by atoms with E-state index in [9.17, 15) is 5.11 Å². The molecule has 0 amide bonds. The van der Waals surface area contributed by atoms with E-state index in [0.717, 1.165) is 34.5 Å². The smallest absolute Gasteiger partial charge is 0.129 e. The van der Waals surface area contributed by atoms with Crippen molar-refractivity contribution in [2.45, 2.75) is 32.6 Å². The fraction of sp³-hybridized carbons (Fsp3) is 0.286. The molecule has 5 nitrogen and oxygen atoms in total. The quantitative estimate of drug-likeness (QED) is 0.334. The highest BCUT2D eigenvalue weighted by Gasteiger charge is 2.17. The van der Waals surface area contributed by atoms with Gasteiger partial charge in [-0.15, -0.1) is 0 Å². The topological polar surface area (TPSA) is 57.7 Å². The monoisotopic (exact) mass is 444 g/mol. The number of hydrogen-bond acceptors (Lipinski definition) is 4. The number of nitrogens with zero attached hydrogens (tertiary/aromatic N) is 1. The molecule has 5 heteroatoms. The maximum absolute atomic E-state index is 10.8. The number of nitrogens with one attached hydrogen (secondary N) is 1. The van der Waals surface area contributed by atoms with Gasteiger partial charge in [0.15, 0.2) is 0 Å². The molecule has 0 bridgehead atoms. The fourth-order valence-corrected chi connectivity index (χ4v) is 4.10. The summed E-state index contributed by atoms with van der Waals surface area (Å²) in [5, 5.41) is 11.9. The summed E-state index contributed by atoms with van der Waals surface area (Å²) in [5.41, 5.74) is 3.36. The lowest BCUT2D eigenvalue weighted by Crippen LogP contribution is -2.40. The number of H-pyrrole nitrogens is 1. The molecule has 3 aromatic carbocycles. The number of aromatic nitrogens is 1. The highest BCUT2D eigenvalue weighted by atomic mass is 16.5. The summed E-state index contributed by atoms with van der Waals surface area (Å²) in [6.07, 6.45) is 1.25. The number of aryl methyl sites for hydroxylation is 1. The van der Waals surface area contributed by atoms with Crippen LogP contribution in [0.25, 0.3) is 10.9 Å². The first-order chi connectivity index (χ1) is 16.1. The van der Waals surface area contributed by atoms with Gasteiger partial charge in [-0.25, -0.2) is 0 Å². The molecule has 0 saturated carbocycles. The summed E-state index contributed by atoms with van der Waals surface area (Å²) >= 11 is 0. The number of hydrogen-bond donors (Lipinski definition) is 2. The van der Waals surface area contributed by atoms with Crippen LogP contribution in [0.15, 0.2) is 85.1 Å². The first-order valence-corrected chi connectivity index (χ1v) is 11.4. The summed E-state index contributed by atoms with van der Waals surface area (Å²) in [4.78, 5) is 5.45. The average Bonchev–Trinajstić information content (AvgIpc) is 3.27. The van der Waals surface area contributed by atoms with E-state index in [4.69, 9.17) is 9.47 Å². The molecule has 4 rings (SSSR count). The maximum Gasteiger partial charge on any atom is 0.129 e. The highest BCUT2D eigenvalue weighted by molar-refractivity contribution is 5.86. The minimum Gasteiger partial charge on any atom is -0.490 e. The first-order valence-electron chi connectivity index (χ1n) is 11.4. The van der Waals surface area contributed by atoms with Crippen molar-refractivity contribution in [3.05, 3.63) is 96.2 Å². The zero-order valence-electron chi connectivity index (χ0n) is 19.3. The Labute approximate surface area is 195 Å². The van der Waals surface area contributed by atoms with E-state index in [0.29, 0.717) is 13.1 Å². The van der Waals surface area contributed by atoms with Gasteiger partial charge in [-0.1, -0.05) is 48.5 Å². The molecule has 2 atom stereocenters. The van der Waals surface area contributed by atoms with Crippen LogP contribution in [0.2, 0.25) is 0 Å². The molecular weight excluding hydrogens is 412 g/mol. The summed E-state index contributed by atoms with van der Waals surface area (Å²) in [6.45, 7) is 6.23. The number of rotatable bonds is 11. The second-order valence-electron chi connectivity index (χ2n) is 8.59. The van der Waals surface area contributed by atoms with Crippen LogP contribution in [0.5, 0.6) is 11.5 Å². The van der Waals surface area contributed by atoms with Crippen LogP contribution in [-0.4, -0.2) is 46.9 Å². The fourth-order valence-electron chi connectivity index (χ4n) is 4.10. The van der Waals surface area contributed by atoms with Crippen LogP contribution < -0.4 is 9.47 Å². The molecule has 2 unspecified atom stereocenters. The van der Waals surface area contributed by atoms with Gasteiger partial charge < -0.3 is 19.6 Å². The Kier molecular flexibility index (Phi) is 7.66. The number of benzene rings is 3. The largest absolute Gasteiger partial charge is 0.490 e. The third-order valence-corrected chi connectivity index (χ3v) is 5.52. The van der Waals surface area contributed by atoms with Crippen LogP contribution in [0.3, 0.4) is 0 Å². The molecule has 2 N–H and O–H groups in total. The minimum absolute atomic E-state index is 0.0273. The van der Waals surface area contributed by atoms with Crippen molar-refractivity contribution in [3.8, 4) is 11.5 Å². The summed E-state index contributed by atoms with van der Waals surface area (Å²) in [5.74, 6) is 1.64. The van der Waals surface area contributed by atoms with Gasteiger partial charge in [0, 0.05) is 36.7 Å². The Morgan fingerprint density at radius 3 is 2.42 bits per heavy atom. The highest BCUT2D eigenvalue weighted by Crippen LogP contribution is 2.27. The first kappa shape index (κ1) is 22.9. The Bertz CT molecular complexity index is 1130. The second kappa shape index (κ2) is 11.0. The van der Waals surface area contributed by atoms with Gasteiger partial charge in [0.1, 0.15) is 30.3 Å². The molecule has 0 saturated heterocycles. The number of aliphatic hydroxyl groups excluding tert-OH is 1. The zero-order chi connectivity index (χ0) is 23.0. The summed E-state index contributed by atoms with van der Waals surface area (Å²) < 4.78 is 12.1. The Hall–Kier alpha value is -3.28. The molecule has 1 heterocycles. The van der Waals surface area contributed by atoms with E-state index in [2.05, 4.69) is 35.0 Å². The molecule has 172 valence electrons. The number of fused-ring (bicyclic) bond motifs is 1. The minimum atomic E-state index is -0.632. The van der Waals surface area contributed by atoms with Crippen molar-refractivity contribution >= 4 is 10.9 Å². The lowest BCUT2D eigenvalue weighted by Gasteiger charge is -2.28. The van der Waals surface area contributed by atoms with Crippen LogP contribution in [0.4, 0.5) is 0 Å². The second-order valence-corrected chi connectivity index (χ2v) is 8.59. The van der Waals surface area contributed by atoms with E-state index in [1.165, 1.54) is 5.56 Å². The van der Waals surface area contributed by atoms with Crippen LogP contribution in [0, 0.1) is 6.92 Å². The molecule has 0 fully saturated rings. The third-order valence-electron chi connectivity index (χ3n) is 5.52. The van der Waals surface area contributed by atoms with Crippen LogP contribution in [0.1, 0.15) is 18.1 Å². The standard InChI is InChI=1S/C28H32N2O3/c1-21-15-27-26(13-14-29-27)28(16-21)32-20-24(31)19-30(18-23-9-5-3-6-10-23)17-22(2)33-25-11-7-4-8-12-25/h3-16,22,24,29,31H,17-20H2,1-2H3. The summed E-state index contributed by atoms with van der Waals surface area (Å²) in [6, 6.07) is 26.3. The van der Waals surface area contributed by atoms with E-state index in [1.54, 1.807) is 0 Å². The van der Waals surface area contributed by atoms with Gasteiger partial charge in [-0.2, -0.15) is 0 Å². The number of aromatic amines is 1. The molecule has 0 aliphatic heterocycles. The Morgan fingerprint density at radius 2 is 1.67 bits per heavy atom. The SMILES string of the molecule is Cc1cc(OCC(O)CN(Cc2ccccc2)CC(C)Oc2ccccc2)c2cc[nH]c2c1. The van der Waals surface area contributed by atoms with Crippen LogP contribution in [-0.2, 0) is 6.54 Å². The van der Waals surface area contributed by atoms with E-state index >= 15 is 0 Å². The average molecular weight is 445 g/mol. The molecule has 0 spiro atoms. The Balaban J connectivity index is 1.39. The zero-order valence-corrected chi connectivity index (χ0v) is 19.3. The number of aliphatic hydroxyl groups is 1. The van der Waals surface area contributed by atoms with Gasteiger partial charge in [0.05, 0.1) is 0 Å². The molecule has 33 heavy (non-hydrogen) atoms. The summed E-state index contributed by atoms with van der Waals surface area (Å²) in [7, 11) is 0. The van der Waals surface area contributed by atoms with Gasteiger partial charge >= 0.3 is 0 Å². The van der Waals surface area contributed by atoms with E-state index < -0.39 is 6.10 Å². The van der Waals surface area contributed by atoms with E-state index in [-0.39, 0.29) is 12.7 Å². The molecule has 0 aliphatic carbocycles. The molecule has 0 aliphatic rings. The van der Waals surface area contributed by atoms with Crippen molar-refractivity contribution in [3.63, 3.8) is 0 Å². The lowest BCUT2D eigenvalue weighted by molar-refractivity contribution is 0.0507. The van der Waals surface area contributed by atoms with E-state index in [1.807, 2.05) is 73.8 Å². The van der Waals surface area contributed by atoms with Crippen molar-refractivity contribution in [2.75, 3.05) is 19.7 Å². The van der Waals surface area contributed by atoms with Crippen molar-refractivity contribution in [2.24, 2.45) is 0 Å². The number of ether oxygens (including phenoxy) is 2. The van der Waals surface area contributed by atoms with Gasteiger partial charge in [-0.05, 0) is 55.3 Å². The van der Waals surface area contributed by atoms with Crippen molar-refractivity contribution in [1.82, 2.24) is 9.88 Å². The predicted molar refractivity (Wildman–Crippen MR) is 133 cm³/mol. The van der Waals surface area contributed by atoms with Crippen LogP contribution >= 0.6 is 0 Å². The van der Waals surface area contributed by atoms with Gasteiger partial charge in [0.25, 0.3) is 0 Å². The number of para-hydroxylation sites is 1. The predicted octanol–water partition coefficient (Wildman–Crippen LogP) is 5.19. The van der Waals surface area contributed by atoms with Crippen molar-refractivity contribution < 1.29 is 14.6 Å². The van der Waals surface area contributed by atoms with Gasteiger partial charge in [0.2, 0.25) is 0 Å². The lowest BCUT2D eigenvalue weighted by atomic mass is 10.1. The molecule has 1 aromatic heterocycles. The molecule has 0 radical (unpaired) electrons.